The van der Waals surface area contributed by atoms with E-state index in [1.807, 2.05) is 24.3 Å². The Morgan fingerprint density at radius 2 is 2.18 bits per heavy atom. The molecule has 1 aromatic heterocycles. The number of benzene rings is 1. The lowest BCUT2D eigenvalue weighted by atomic mass is 10.2. The predicted molar refractivity (Wildman–Crippen MR) is 70.0 cm³/mol. The molecule has 0 saturated heterocycles. The summed E-state index contributed by atoms with van der Waals surface area (Å²) in [5.41, 5.74) is 8.24. The maximum absolute atomic E-state index is 11.3. The van der Waals surface area contributed by atoms with E-state index in [0.29, 0.717) is 10.9 Å². The molecule has 2 rings (SSSR count). The van der Waals surface area contributed by atoms with Crippen LogP contribution in [0.1, 0.15) is 11.3 Å². The highest BCUT2D eigenvalue weighted by molar-refractivity contribution is 7.98. The minimum atomic E-state index is -0.124. The minimum absolute atomic E-state index is 0.124. The number of nitrogen functional groups attached to an aromatic ring is 1. The van der Waals surface area contributed by atoms with Gasteiger partial charge in [-0.2, -0.15) is 0 Å². The van der Waals surface area contributed by atoms with Gasteiger partial charge >= 0.3 is 0 Å². The lowest BCUT2D eigenvalue weighted by Gasteiger charge is -2.04. The molecule has 1 aromatic carbocycles. The van der Waals surface area contributed by atoms with E-state index in [2.05, 4.69) is 9.97 Å². The Balaban J connectivity index is 2.13. The summed E-state index contributed by atoms with van der Waals surface area (Å²) in [7, 11) is 0. The highest BCUT2D eigenvalue weighted by Crippen LogP contribution is 2.21. The Bertz CT molecular complexity index is 580. The van der Waals surface area contributed by atoms with Crippen LogP contribution in [0, 0.1) is 6.92 Å². The molecule has 4 nitrogen and oxygen atoms in total. The summed E-state index contributed by atoms with van der Waals surface area (Å²) in [5.74, 6) is 0.694. The van der Waals surface area contributed by atoms with Gasteiger partial charge in [0, 0.05) is 23.2 Å². The normalized spacial score (nSPS) is 10.4. The molecule has 88 valence electrons. The molecule has 2 aromatic rings. The minimum Gasteiger partial charge on any atom is -0.398 e. The molecule has 3 N–H and O–H groups in total. The first-order valence-electron chi connectivity index (χ1n) is 5.19. The van der Waals surface area contributed by atoms with Gasteiger partial charge in [0.15, 0.2) is 5.16 Å². The number of H-pyrrole nitrogens is 1. The third kappa shape index (κ3) is 3.10. The van der Waals surface area contributed by atoms with Crippen molar-refractivity contribution in [3.05, 3.63) is 51.9 Å². The second kappa shape index (κ2) is 5.05. The van der Waals surface area contributed by atoms with Gasteiger partial charge in [0.05, 0.1) is 0 Å². The average Bonchev–Trinajstić information content (AvgIpc) is 2.27. The topological polar surface area (TPSA) is 71.8 Å². The predicted octanol–water partition coefficient (Wildman–Crippen LogP) is 1.95. The number of hydrogen-bond acceptors (Lipinski definition) is 4. The number of anilines is 1. The molecule has 0 amide bonds. The Kier molecular flexibility index (Phi) is 3.49. The third-order valence-corrected chi connectivity index (χ3v) is 3.19. The van der Waals surface area contributed by atoms with Crippen LogP contribution in [0.25, 0.3) is 0 Å². The number of rotatable bonds is 3. The molecule has 0 spiro atoms. The van der Waals surface area contributed by atoms with Crippen LogP contribution >= 0.6 is 11.8 Å². The van der Waals surface area contributed by atoms with Crippen LogP contribution in [0.4, 0.5) is 5.69 Å². The van der Waals surface area contributed by atoms with E-state index in [9.17, 15) is 4.79 Å². The van der Waals surface area contributed by atoms with Crippen molar-refractivity contribution in [1.82, 2.24) is 9.97 Å². The number of aromatic nitrogens is 2. The summed E-state index contributed by atoms with van der Waals surface area (Å²) in [6.07, 6.45) is 0. The van der Waals surface area contributed by atoms with Gasteiger partial charge in [-0.25, -0.2) is 4.98 Å². The van der Waals surface area contributed by atoms with Crippen molar-refractivity contribution >= 4 is 17.4 Å². The molecule has 0 atom stereocenters. The van der Waals surface area contributed by atoms with Gasteiger partial charge in [-0.15, -0.1) is 0 Å². The number of para-hydroxylation sites is 1. The Morgan fingerprint density at radius 3 is 2.88 bits per heavy atom. The van der Waals surface area contributed by atoms with E-state index in [1.165, 1.54) is 17.8 Å². The standard InChI is InChI=1S/C12H13N3OS/c1-8-6-11(16)15-12(14-8)17-7-9-4-2-3-5-10(9)13/h2-6H,7,13H2,1H3,(H,14,15,16). The van der Waals surface area contributed by atoms with Gasteiger partial charge < -0.3 is 10.7 Å². The van der Waals surface area contributed by atoms with Crippen molar-refractivity contribution in [2.45, 2.75) is 17.8 Å². The first-order chi connectivity index (χ1) is 8.15. The van der Waals surface area contributed by atoms with Gasteiger partial charge in [0.2, 0.25) is 0 Å². The molecule has 0 aliphatic heterocycles. The number of nitrogens with two attached hydrogens (primary N) is 1. The average molecular weight is 247 g/mol. The number of nitrogens with zero attached hydrogens (tertiary/aromatic N) is 1. The fourth-order valence-electron chi connectivity index (χ4n) is 1.43. The van der Waals surface area contributed by atoms with Gasteiger partial charge in [0.25, 0.3) is 5.56 Å². The lowest BCUT2D eigenvalue weighted by molar-refractivity contribution is 0.905. The largest absolute Gasteiger partial charge is 0.398 e. The number of hydrogen-bond donors (Lipinski definition) is 2. The summed E-state index contributed by atoms with van der Waals surface area (Å²) in [6, 6.07) is 9.15. The molecule has 1 heterocycles. The van der Waals surface area contributed by atoms with Gasteiger partial charge in [-0.1, -0.05) is 30.0 Å². The van der Waals surface area contributed by atoms with Crippen molar-refractivity contribution in [2.24, 2.45) is 0 Å². The second-order valence-corrected chi connectivity index (χ2v) is 4.64. The number of nitrogens with one attached hydrogen (secondary N) is 1. The smallest absolute Gasteiger partial charge is 0.251 e. The summed E-state index contributed by atoms with van der Waals surface area (Å²) in [5, 5.41) is 0.623. The molecule has 0 fully saturated rings. The highest BCUT2D eigenvalue weighted by atomic mass is 32.2. The maximum Gasteiger partial charge on any atom is 0.251 e. The third-order valence-electron chi connectivity index (χ3n) is 2.27. The van der Waals surface area contributed by atoms with E-state index in [0.717, 1.165) is 16.9 Å². The van der Waals surface area contributed by atoms with Gasteiger partial charge in [0.1, 0.15) is 0 Å². The first-order valence-corrected chi connectivity index (χ1v) is 6.18. The van der Waals surface area contributed by atoms with Crippen LogP contribution in [0.2, 0.25) is 0 Å². The van der Waals surface area contributed by atoms with E-state index >= 15 is 0 Å². The molecular weight excluding hydrogens is 234 g/mol. The molecule has 0 aliphatic rings. The van der Waals surface area contributed by atoms with E-state index < -0.39 is 0 Å². The zero-order valence-corrected chi connectivity index (χ0v) is 10.3. The van der Waals surface area contributed by atoms with Crippen molar-refractivity contribution in [3.8, 4) is 0 Å². The lowest BCUT2D eigenvalue weighted by Crippen LogP contribution is -2.08. The fraction of sp³-hybridized carbons (Fsp3) is 0.167. The van der Waals surface area contributed by atoms with Gasteiger partial charge in [-0.3, -0.25) is 4.79 Å². The summed E-state index contributed by atoms with van der Waals surface area (Å²) in [4.78, 5) is 18.2. The molecule has 0 saturated carbocycles. The van der Waals surface area contributed by atoms with Crippen LogP contribution < -0.4 is 11.3 Å². The number of thioether (sulfide) groups is 1. The van der Waals surface area contributed by atoms with Crippen LogP contribution in [-0.4, -0.2) is 9.97 Å². The van der Waals surface area contributed by atoms with E-state index in [1.54, 1.807) is 6.92 Å². The fourth-order valence-corrected chi connectivity index (χ4v) is 2.37. The molecule has 0 bridgehead atoms. The van der Waals surface area contributed by atoms with Crippen LogP contribution in [0.3, 0.4) is 0 Å². The Hall–Kier alpha value is -1.75. The first kappa shape index (κ1) is 11.7. The van der Waals surface area contributed by atoms with Crippen molar-refractivity contribution < 1.29 is 0 Å². The summed E-state index contributed by atoms with van der Waals surface area (Å²) < 4.78 is 0. The molecule has 0 unspecified atom stereocenters. The second-order valence-electron chi connectivity index (χ2n) is 3.68. The van der Waals surface area contributed by atoms with E-state index in [-0.39, 0.29) is 5.56 Å². The van der Waals surface area contributed by atoms with Crippen LogP contribution in [0.15, 0.2) is 40.3 Å². The van der Waals surface area contributed by atoms with Crippen molar-refractivity contribution in [2.75, 3.05) is 5.73 Å². The molecule has 0 aliphatic carbocycles. The van der Waals surface area contributed by atoms with Crippen molar-refractivity contribution in [3.63, 3.8) is 0 Å². The summed E-state index contributed by atoms with van der Waals surface area (Å²) in [6.45, 7) is 1.80. The van der Waals surface area contributed by atoms with Gasteiger partial charge in [-0.05, 0) is 18.6 Å². The molecule has 5 heteroatoms. The number of aryl methyl sites for hydroxylation is 1. The van der Waals surface area contributed by atoms with Crippen LogP contribution in [0.5, 0.6) is 0 Å². The molecule has 0 radical (unpaired) electrons. The quantitative estimate of drug-likeness (QED) is 0.494. The highest BCUT2D eigenvalue weighted by Gasteiger charge is 2.02. The monoisotopic (exact) mass is 247 g/mol. The van der Waals surface area contributed by atoms with Crippen molar-refractivity contribution in [1.29, 1.82) is 0 Å². The van der Waals surface area contributed by atoms with Crippen LogP contribution in [-0.2, 0) is 5.75 Å². The maximum atomic E-state index is 11.3. The Morgan fingerprint density at radius 1 is 1.41 bits per heavy atom. The zero-order chi connectivity index (χ0) is 12.3. The molecule has 17 heavy (non-hydrogen) atoms. The summed E-state index contributed by atoms with van der Waals surface area (Å²) >= 11 is 1.47. The number of aromatic amines is 1. The molecular formula is C12H13N3OS. The van der Waals surface area contributed by atoms with E-state index in [4.69, 9.17) is 5.73 Å². The Labute approximate surface area is 103 Å². The zero-order valence-electron chi connectivity index (χ0n) is 9.43. The SMILES string of the molecule is Cc1cc(=O)[nH]c(SCc2ccccc2N)n1.